The summed E-state index contributed by atoms with van der Waals surface area (Å²) in [7, 11) is 1.23. The van der Waals surface area contributed by atoms with Crippen molar-refractivity contribution in [2.24, 2.45) is 0 Å². The quantitative estimate of drug-likeness (QED) is 0.0273. The molecule has 362 valence electrons. The second-order valence-electron chi connectivity index (χ2n) is 18.5. The normalized spacial score (nSPS) is 14.6. The first-order valence-electron chi connectivity index (χ1n) is 25.7. The molecule has 2 N–H and O–H groups in total. The number of carbonyl (C=O) groups excluding carboxylic acids is 1. The van der Waals surface area contributed by atoms with Gasteiger partial charge >= 0.3 is 0 Å². The van der Waals surface area contributed by atoms with Crippen molar-refractivity contribution in [1.82, 2.24) is 5.32 Å². The average molecular weight is 891 g/mol. The number of carbonyl (C=O) groups is 1. The fourth-order valence-corrected chi connectivity index (χ4v) is 7.84. The smallest absolute Gasteiger partial charge is 0.268 e. The summed E-state index contributed by atoms with van der Waals surface area (Å²) in [6, 6.07) is -0.909. The van der Waals surface area contributed by atoms with E-state index < -0.39 is 26.6 Å². The summed E-state index contributed by atoms with van der Waals surface area (Å²) in [6.07, 6.45) is 58.5. The summed E-state index contributed by atoms with van der Waals surface area (Å²) >= 11 is 0. The minimum Gasteiger partial charge on any atom is -0.756 e. The Kier molecular flexibility index (Phi) is 43.1. The van der Waals surface area contributed by atoms with Crippen LogP contribution in [0.15, 0.2) is 60.8 Å². The Morgan fingerprint density at radius 3 is 1.42 bits per heavy atom. The number of hydrogen-bond acceptors (Lipinski definition) is 6. The summed E-state index contributed by atoms with van der Waals surface area (Å²) < 4.78 is 23.3. The molecule has 0 aromatic heterocycles. The second-order valence-corrected chi connectivity index (χ2v) is 19.9. The molecule has 0 rings (SSSR count). The fourth-order valence-electron chi connectivity index (χ4n) is 7.12. The van der Waals surface area contributed by atoms with Crippen LogP contribution >= 0.6 is 7.82 Å². The van der Waals surface area contributed by atoms with Crippen LogP contribution in [0.3, 0.4) is 0 Å². The molecule has 0 bridgehead atoms. The Hall–Kier alpha value is -1.80. The number of allylic oxidation sites excluding steroid dienone is 9. The van der Waals surface area contributed by atoms with Gasteiger partial charge in [-0.2, -0.15) is 0 Å². The van der Waals surface area contributed by atoms with Gasteiger partial charge in [-0.25, -0.2) is 0 Å². The standard InChI is InChI=1S/C53H99N2O6P/c1-6-8-10-12-14-16-18-20-22-24-25-26-27-28-29-31-33-35-37-39-41-43-45-47-53(57)54-51(50-61-62(58,59)60-49-48-55(3,4)5)52(56)46-44-42-40-38-36-34-32-30-23-21-19-17-15-13-11-9-7-2/h18,20,24-25,27-28,36,38,44,46,51-52,56H,6-17,19,21-23,26,29-35,37,39-43,45,47-50H2,1-5H3,(H-,54,57,58,59)/b20-18-,25-24-,28-27-,38-36+,46-44+. The van der Waals surface area contributed by atoms with E-state index in [0.717, 1.165) is 64.2 Å². The van der Waals surface area contributed by atoms with Crippen LogP contribution < -0.4 is 10.2 Å². The van der Waals surface area contributed by atoms with Gasteiger partial charge in [0.15, 0.2) is 0 Å². The van der Waals surface area contributed by atoms with E-state index in [-0.39, 0.29) is 12.5 Å². The highest BCUT2D eigenvalue weighted by Crippen LogP contribution is 2.38. The largest absolute Gasteiger partial charge is 0.756 e. The van der Waals surface area contributed by atoms with Gasteiger partial charge < -0.3 is 28.8 Å². The van der Waals surface area contributed by atoms with Crippen LogP contribution in [0.2, 0.25) is 0 Å². The third kappa shape index (κ3) is 46.2. The maximum absolute atomic E-state index is 12.9. The Balaban J connectivity index is 4.37. The van der Waals surface area contributed by atoms with Crippen molar-refractivity contribution < 1.29 is 32.9 Å². The van der Waals surface area contributed by atoms with Crippen molar-refractivity contribution in [3.63, 3.8) is 0 Å². The van der Waals surface area contributed by atoms with E-state index in [4.69, 9.17) is 9.05 Å². The zero-order valence-electron chi connectivity index (χ0n) is 41.1. The molecule has 0 aromatic carbocycles. The van der Waals surface area contributed by atoms with Gasteiger partial charge in [0.2, 0.25) is 5.91 Å². The highest BCUT2D eigenvalue weighted by molar-refractivity contribution is 7.45. The van der Waals surface area contributed by atoms with E-state index >= 15 is 0 Å². The number of nitrogens with zero attached hydrogens (tertiary/aromatic N) is 1. The van der Waals surface area contributed by atoms with Crippen molar-refractivity contribution in [1.29, 1.82) is 0 Å². The van der Waals surface area contributed by atoms with Gasteiger partial charge in [-0.05, 0) is 70.6 Å². The predicted molar refractivity (Wildman–Crippen MR) is 265 cm³/mol. The van der Waals surface area contributed by atoms with E-state index in [0.29, 0.717) is 17.4 Å². The highest BCUT2D eigenvalue weighted by atomic mass is 31.2. The van der Waals surface area contributed by atoms with E-state index in [9.17, 15) is 19.4 Å². The number of phosphoric ester groups is 1. The Bertz CT molecular complexity index is 1190. The number of quaternary nitrogens is 1. The molecular weight excluding hydrogens is 792 g/mol. The summed E-state index contributed by atoms with van der Waals surface area (Å²) in [5.41, 5.74) is 0. The Labute approximate surface area is 383 Å². The molecule has 62 heavy (non-hydrogen) atoms. The molecule has 0 aromatic rings. The molecule has 8 nitrogen and oxygen atoms in total. The maximum Gasteiger partial charge on any atom is 0.268 e. The van der Waals surface area contributed by atoms with Gasteiger partial charge in [0.25, 0.3) is 7.82 Å². The molecule has 0 heterocycles. The van der Waals surface area contributed by atoms with Crippen molar-refractivity contribution >= 4 is 13.7 Å². The zero-order valence-corrected chi connectivity index (χ0v) is 42.0. The van der Waals surface area contributed by atoms with Crippen LogP contribution in [-0.4, -0.2) is 68.5 Å². The van der Waals surface area contributed by atoms with E-state index in [1.807, 2.05) is 27.2 Å². The molecule has 1 amide bonds. The van der Waals surface area contributed by atoms with Gasteiger partial charge in [-0.3, -0.25) is 9.36 Å². The van der Waals surface area contributed by atoms with Crippen molar-refractivity contribution in [2.45, 2.75) is 231 Å². The first-order chi connectivity index (χ1) is 30.0. The van der Waals surface area contributed by atoms with Crippen molar-refractivity contribution in [3.8, 4) is 0 Å². The monoisotopic (exact) mass is 891 g/mol. The fraction of sp³-hybridized carbons (Fsp3) is 0.792. The van der Waals surface area contributed by atoms with Crippen LogP contribution in [0.5, 0.6) is 0 Å². The number of aliphatic hydroxyl groups is 1. The maximum atomic E-state index is 12.9. The first kappa shape index (κ1) is 60.2. The second kappa shape index (κ2) is 44.4. The van der Waals surface area contributed by atoms with Gasteiger partial charge in [0.05, 0.1) is 39.9 Å². The predicted octanol–water partition coefficient (Wildman–Crippen LogP) is 14.3. The lowest BCUT2D eigenvalue weighted by Crippen LogP contribution is -2.45. The van der Waals surface area contributed by atoms with E-state index in [1.165, 1.54) is 135 Å². The number of hydrogen-bond donors (Lipinski definition) is 2. The molecule has 3 unspecified atom stereocenters. The van der Waals surface area contributed by atoms with Gasteiger partial charge in [0.1, 0.15) is 13.2 Å². The molecule has 9 heteroatoms. The van der Waals surface area contributed by atoms with Gasteiger partial charge in [0, 0.05) is 6.42 Å². The summed E-state index contributed by atoms with van der Waals surface area (Å²) in [5, 5.41) is 13.8. The van der Waals surface area contributed by atoms with E-state index in [1.54, 1.807) is 6.08 Å². The molecule has 0 saturated carbocycles. The number of phosphoric acid groups is 1. The van der Waals surface area contributed by atoms with Crippen molar-refractivity contribution in [2.75, 3.05) is 40.9 Å². The lowest BCUT2D eigenvalue weighted by molar-refractivity contribution is -0.870. The lowest BCUT2D eigenvalue weighted by Gasteiger charge is -2.29. The van der Waals surface area contributed by atoms with Gasteiger partial charge in [-0.1, -0.05) is 203 Å². The molecule has 0 spiro atoms. The van der Waals surface area contributed by atoms with E-state index in [2.05, 4.69) is 67.8 Å². The SMILES string of the molecule is CCCCCCC/C=C\C/C=C\C/C=C\CCCCCCCCCCC(=O)NC(COP(=O)([O-])OCC[N+](C)(C)C)C(O)/C=C/CC/C=C/CCCCCCCCCCCCC. The number of nitrogens with one attached hydrogen (secondary N) is 1. The van der Waals surface area contributed by atoms with Crippen LogP contribution in [0, 0.1) is 0 Å². The molecule has 0 aliphatic carbocycles. The number of unbranched alkanes of at least 4 members (excludes halogenated alkanes) is 25. The first-order valence-corrected chi connectivity index (χ1v) is 27.1. The lowest BCUT2D eigenvalue weighted by atomic mass is 10.1. The topological polar surface area (TPSA) is 108 Å². The van der Waals surface area contributed by atoms with Crippen LogP contribution in [0.1, 0.15) is 219 Å². The molecule has 0 radical (unpaired) electrons. The Morgan fingerprint density at radius 1 is 0.565 bits per heavy atom. The number of likely N-dealkylation sites (N-methyl/N-ethyl adjacent to an activating group) is 1. The van der Waals surface area contributed by atoms with Crippen LogP contribution in [0.25, 0.3) is 0 Å². The molecule has 0 fully saturated rings. The Morgan fingerprint density at radius 2 is 0.952 bits per heavy atom. The average Bonchev–Trinajstić information content (AvgIpc) is 3.23. The van der Waals surface area contributed by atoms with Gasteiger partial charge in [-0.15, -0.1) is 0 Å². The highest BCUT2D eigenvalue weighted by Gasteiger charge is 2.23. The van der Waals surface area contributed by atoms with Crippen molar-refractivity contribution in [3.05, 3.63) is 60.8 Å². The number of amides is 1. The minimum atomic E-state index is -4.60. The number of rotatable bonds is 46. The summed E-state index contributed by atoms with van der Waals surface area (Å²) in [4.78, 5) is 25.4. The number of aliphatic hydroxyl groups excluding tert-OH is 1. The summed E-state index contributed by atoms with van der Waals surface area (Å²) in [6.45, 7) is 4.61. The molecule has 3 atom stereocenters. The zero-order chi connectivity index (χ0) is 45.7. The molecule has 0 aliphatic rings. The third-order valence-electron chi connectivity index (χ3n) is 11.2. The van der Waals surface area contributed by atoms with Crippen LogP contribution in [0.4, 0.5) is 0 Å². The molecule has 0 aliphatic heterocycles. The molecule has 0 saturated heterocycles. The van der Waals surface area contributed by atoms with Crippen LogP contribution in [-0.2, 0) is 18.4 Å². The summed E-state index contributed by atoms with van der Waals surface area (Å²) in [5.74, 6) is -0.216. The molecular formula is C53H99N2O6P. The minimum absolute atomic E-state index is 0.0101. The third-order valence-corrected chi connectivity index (χ3v) is 12.2.